The molecule has 2 aromatic rings. The summed E-state index contributed by atoms with van der Waals surface area (Å²) in [6, 6.07) is 8.56. The highest BCUT2D eigenvalue weighted by molar-refractivity contribution is 5.82. The van der Waals surface area contributed by atoms with Crippen LogP contribution in [0, 0.1) is 5.92 Å². The van der Waals surface area contributed by atoms with Gasteiger partial charge >= 0.3 is 0 Å². The molecule has 158 valence electrons. The number of carbonyl (C=O) groups excluding carboxylic acids is 1. The summed E-state index contributed by atoms with van der Waals surface area (Å²) in [4.78, 5) is 28.7. The number of carbonyl (C=O) groups is 1. The molecule has 1 saturated heterocycles. The van der Waals surface area contributed by atoms with Crippen molar-refractivity contribution in [1.82, 2.24) is 14.8 Å². The molecule has 2 aliphatic heterocycles. The Balaban J connectivity index is 1.47. The van der Waals surface area contributed by atoms with Crippen LogP contribution in [0.1, 0.15) is 42.7 Å². The molecule has 30 heavy (non-hydrogen) atoms. The van der Waals surface area contributed by atoms with Gasteiger partial charge in [0.1, 0.15) is 11.8 Å². The van der Waals surface area contributed by atoms with Crippen LogP contribution in [0.25, 0.3) is 0 Å². The number of aromatic nitrogens is 1. The summed E-state index contributed by atoms with van der Waals surface area (Å²) in [6.45, 7) is 2.13. The first-order valence-corrected chi connectivity index (χ1v) is 10.6. The predicted molar refractivity (Wildman–Crippen MR) is 111 cm³/mol. The summed E-state index contributed by atoms with van der Waals surface area (Å²) in [6.07, 6.45) is 7.74. The molecule has 0 aromatic carbocycles. The zero-order chi connectivity index (χ0) is 20.7. The minimum absolute atomic E-state index is 0.0245. The lowest BCUT2D eigenvalue weighted by molar-refractivity contribution is -0.130. The molecule has 4 heterocycles. The molecule has 5 rings (SSSR count). The molecule has 0 spiro atoms. The van der Waals surface area contributed by atoms with E-state index >= 15 is 0 Å². The fraction of sp³-hybridized carbons (Fsp3) is 0.478. The third-order valence-corrected chi connectivity index (χ3v) is 6.83. The number of pyridine rings is 1. The number of piperidine rings is 1. The third kappa shape index (κ3) is 3.32. The lowest BCUT2D eigenvalue weighted by Gasteiger charge is -2.46. The molecule has 7 heteroatoms. The first-order chi connectivity index (χ1) is 14.6. The fourth-order valence-electron chi connectivity index (χ4n) is 5.42. The highest BCUT2D eigenvalue weighted by atomic mass is 16.3. The van der Waals surface area contributed by atoms with E-state index < -0.39 is 11.6 Å². The Labute approximate surface area is 175 Å². The molecule has 0 unspecified atom stereocenters. The average Bonchev–Trinajstić information content (AvgIpc) is 3.41. The van der Waals surface area contributed by atoms with Crippen LogP contribution in [0.4, 0.5) is 0 Å². The van der Waals surface area contributed by atoms with Crippen LogP contribution in [0.15, 0.2) is 58.0 Å². The number of hydrogen-bond donors (Lipinski definition) is 2. The van der Waals surface area contributed by atoms with Gasteiger partial charge in [-0.3, -0.25) is 19.1 Å². The number of aliphatic hydroxyl groups excluding tert-OH is 1. The zero-order valence-electron chi connectivity index (χ0n) is 16.9. The van der Waals surface area contributed by atoms with Crippen molar-refractivity contribution in [2.45, 2.75) is 43.3 Å². The molecule has 1 aliphatic carbocycles. The monoisotopic (exact) mass is 409 g/mol. The molecule has 0 saturated carbocycles. The highest BCUT2D eigenvalue weighted by Crippen LogP contribution is 2.42. The number of fused-ring (bicyclic) bond motifs is 4. The second-order valence-electron chi connectivity index (χ2n) is 8.88. The highest BCUT2D eigenvalue weighted by Gasteiger charge is 2.45. The molecular formula is C23H27N3O4. The van der Waals surface area contributed by atoms with Crippen LogP contribution in [-0.2, 0) is 11.3 Å². The summed E-state index contributed by atoms with van der Waals surface area (Å²) >= 11 is 0. The van der Waals surface area contributed by atoms with Gasteiger partial charge in [-0.05, 0) is 37.5 Å². The summed E-state index contributed by atoms with van der Waals surface area (Å²) < 4.78 is 7.23. The van der Waals surface area contributed by atoms with Crippen LogP contribution in [-0.4, -0.2) is 45.7 Å². The van der Waals surface area contributed by atoms with Crippen LogP contribution in [0.5, 0.6) is 0 Å². The fourth-order valence-corrected chi connectivity index (χ4v) is 5.42. The van der Waals surface area contributed by atoms with Gasteiger partial charge in [0.2, 0.25) is 5.91 Å². The van der Waals surface area contributed by atoms with Crippen molar-refractivity contribution in [1.29, 1.82) is 0 Å². The molecule has 7 nitrogen and oxygen atoms in total. The summed E-state index contributed by atoms with van der Waals surface area (Å²) in [7, 11) is 0. The standard InChI is InChI=1S/C23H27N3O4/c27-15-23(8-1-2-9-23)24-22(29)21-17-11-16(19-6-3-7-20(28)26(19)21)12-25(13-17)14-18-5-4-10-30-18/h1-7,10,16-17,21,27H,8-9,11-15H2,(H,24,29)/t16-,17+,21+/m0/s1. The number of likely N-dealkylation sites (tertiary alicyclic amines) is 1. The Morgan fingerprint density at radius 1 is 1.20 bits per heavy atom. The van der Waals surface area contributed by atoms with E-state index in [4.69, 9.17) is 4.42 Å². The van der Waals surface area contributed by atoms with Gasteiger partial charge in [0.25, 0.3) is 5.56 Å². The van der Waals surface area contributed by atoms with Crippen molar-refractivity contribution >= 4 is 5.91 Å². The normalized spacial score (nSPS) is 27.0. The quantitative estimate of drug-likeness (QED) is 0.736. The van der Waals surface area contributed by atoms with Gasteiger partial charge in [-0.25, -0.2) is 0 Å². The van der Waals surface area contributed by atoms with Crippen LogP contribution < -0.4 is 10.9 Å². The Morgan fingerprint density at radius 2 is 2.03 bits per heavy atom. The smallest absolute Gasteiger partial charge is 0.251 e. The number of hydrogen-bond acceptors (Lipinski definition) is 5. The first kappa shape index (κ1) is 19.3. The lowest BCUT2D eigenvalue weighted by atomic mass is 9.77. The maximum atomic E-state index is 13.5. The van der Waals surface area contributed by atoms with E-state index in [1.807, 2.05) is 30.4 Å². The second-order valence-corrected chi connectivity index (χ2v) is 8.88. The van der Waals surface area contributed by atoms with Gasteiger partial charge in [0.15, 0.2) is 0 Å². The Kier molecular flexibility index (Phi) is 4.87. The van der Waals surface area contributed by atoms with Crippen LogP contribution >= 0.6 is 0 Å². The van der Waals surface area contributed by atoms with Crippen molar-refractivity contribution < 1.29 is 14.3 Å². The molecular weight excluding hydrogens is 382 g/mol. The molecule has 1 amide bonds. The third-order valence-electron chi connectivity index (χ3n) is 6.83. The van der Waals surface area contributed by atoms with Gasteiger partial charge in [-0.2, -0.15) is 0 Å². The van der Waals surface area contributed by atoms with Crippen LogP contribution in [0.3, 0.4) is 0 Å². The van der Waals surface area contributed by atoms with Gasteiger partial charge in [-0.15, -0.1) is 0 Å². The predicted octanol–water partition coefficient (Wildman–Crippen LogP) is 1.80. The minimum atomic E-state index is -0.658. The Hall–Kier alpha value is -2.64. The largest absolute Gasteiger partial charge is 0.468 e. The van der Waals surface area contributed by atoms with Gasteiger partial charge in [0.05, 0.1) is 25.0 Å². The van der Waals surface area contributed by atoms with E-state index in [0.717, 1.165) is 31.0 Å². The number of nitrogens with one attached hydrogen (secondary N) is 1. The van der Waals surface area contributed by atoms with E-state index in [9.17, 15) is 14.7 Å². The topological polar surface area (TPSA) is 87.7 Å². The van der Waals surface area contributed by atoms with Crippen molar-refractivity contribution in [3.8, 4) is 0 Å². The van der Waals surface area contributed by atoms with E-state index in [0.29, 0.717) is 19.4 Å². The summed E-state index contributed by atoms with van der Waals surface area (Å²) in [5, 5.41) is 13.0. The van der Waals surface area contributed by atoms with Gasteiger partial charge in [-0.1, -0.05) is 18.2 Å². The maximum Gasteiger partial charge on any atom is 0.251 e. The van der Waals surface area contributed by atoms with Crippen molar-refractivity contribution in [2.75, 3.05) is 19.7 Å². The molecule has 0 radical (unpaired) electrons. The number of rotatable bonds is 5. The number of nitrogens with zero attached hydrogens (tertiary/aromatic N) is 2. The molecule has 2 N–H and O–H groups in total. The average molecular weight is 409 g/mol. The van der Waals surface area contributed by atoms with E-state index in [2.05, 4.69) is 10.2 Å². The van der Waals surface area contributed by atoms with E-state index in [1.165, 1.54) is 6.07 Å². The molecule has 1 fully saturated rings. The minimum Gasteiger partial charge on any atom is -0.468 e. The molecule has 2 bridgehead atoms. The van der Waals surface area contributed by atoms with Crippen LogP contribution in [0.2, 0.25) is 0 Å². The van der Waals surface area contributed by atoms with Crippen molar-refractivity contribution in [3.05, 3.63) is 70.6 Å². The number of furan rings is 1. The summed E-state index contributed by atoms with van der Waals surface area (Å²) in [5.41, 5.74) is 0.129. The SMILES string of the molecule is O=C(NC1(CO)CC=CC1)[C@H]1[C@@H]2C[C@@H](CN(Cc3ccco3)C2)c2cccc(=O)n21. The number of aliphatic hydroxyl groups is 1. The molecule has 3 aliphatic rings. The van der Waals surface area contributed by atoms with E-state index in [1.54, 1.807) is 16.9 Å². The van der Waals surface area contributed by atoms with Crippen molar-refractivity contribution in [2.24, 2.45) is 5.92 Å². The Morgan fingerprint density at radius 3 is 2.77 bits per heavy atom. The van der Waals surface area contributed by atoms with E-state index in [-0.39, 0.29) is 29.9 Å². The second kappa shape index (κ2) is 7.56. The molecule has 3 atom stereocenters. The maximum absolute atomic E-state index is 13.5. The number of amides is 1. The lowest BCUT2D eigenvalue weighted by Crippen LogP contribution is -2.57. The van der Waals surface area contributed by atoms with Crippen molar-refractivity contribution in [3.63, 3.8) is 0 Å². The first-order valence-electron chi connectivity index (χ1n) is 10.6. The molecule has 2 aromatic heterocycles. The van der Waals surface area contributed by atoms with Gasteiger partial charge < -0.3 is 14.8 Å². The Bertz CT molecular complexity index is 1000. The van der Waals surface area contributed by atoms with Gasteiger partial charge in [0, 0.05) is 36.7 Å². The summed E-state index contributed by atoms with van der Waals surface area (Å²) in [5.74, 6) is 0.955. The zero-order valence-corrected chi connectivity index (χ0v) is 16.9.